The van der Waals surface area contributed by atoms with Gasteiger partial charge in [0.2, 0.25) is 11.8 Å². The standard InChI is InChI=1S/C15H17F2N3O2/c16-11-7-9(20-5-3-18-4-6-20)8-12(17)14(11)10-1-2-13(21)19-15(10)22/h7-8,10,18H,1-6H2,(H,19,21,22). The van der Waals surface area contributed by atoms with Crippen molar-refractivity contribution in [2.45, 2.75) is 18.8 Å². The van der Waals surface area contributed by atoms with E-state index in [2.05, 4.69) is 10.6 Å². The average molecular weight is 309 g/mol. The predicted octanol–water partition coefficient (Wildman–Crippen LogP) is 0.895. The molecule has 0 bridgehead atoms. The number of anilines is 1. The molecule has 7 heteroatoms. The highest BCUT2D eigenvalue weighted by Gasteiger charge is 2.32. The molecule has 0 radical (unpaired) electrons. The maximum atomic E-state index is 14.4. The van der Waals surface area contributed by atoms with Crippen molar-refractivity contribution >= 4 is 17.5 Å². The smallest absolute Gasteiger partial charge is 0.234 e. The van der Waals surface area contributed by atoms with Gasteiger partial charge in [-0.3, -0.25) is 14.9 Å². The molecule has 2 fully saturated rings. The van der Waals surface area contributed by atoms with Crippen LogP contribution in [0.4, 0.5) is 14.5 Å². The number of carbonyl (C=O) groups excluding carboxylic acids is 2. The Labute approximate surface area is 126 Å². The predicted molar refractivity (Wildman–Crippen MR) is 76.6 cm³/mol. The van der Waals surface area contributed by atoms with E-state index >= 15 is 0 Å². The van der Waals surface area contributed by atoms with Gasteiger partial charge in [-0.1, -0.05) is 0 Å². The summed E-state index contributed by atoms with van der Waals surface area (Å²) in [5.74, 6) is -3.45. The van der Waals surface area contributed by atoms with Crippen LogP contribution in [0.2, 0.25) is 0 Å². The van der Waals surface area contributed by atoms with E-state index in [1.165, 1.54) is 12.1 Å². The van der Waals surface area contributed by atoms with Gasteiger partial charge in [0.05, 0.1) is 5.92 Å². The normalized spacial score (nSPS) is 22.6. The second-order valence-corrected chi connectivity index (χ2v) is 5.56. The third-order valence-corrected chi connectivity index (χ3v) is 4.13. The Balaban J connectivity index is 1.89. The van der Waals surface area contributed by atoms with Crippen molar-refractivity contribution in [1.82, 2.24) is 10.6 Å². The zero-order valence-electron chi connectivity index (χ0n) is 12.0. The zero-order valence-corrected chi connectivity index (χ0v) is 12.0. The molecule has 2 heterocycles. The van der Waals surface area contributed by atoms with E-state index in [-0.39, 0.29) is 18.4 Å². The van der Waals surface area contributed by atoms with Crippen LogP contribution in [-0.4, -0.2) is 38.0 Å². The summed E-state index contributed by atoms with van der Waals surface area (Å²) in [5.41, 5.74) is 0.233. The molecule has 2 saturated heterocycles. The molecule has 0 aliphatic carbocycles. The second-order valence-electron chi connectivity index (χ2n) is 5.56. The molecule has 3 rings (SSSR count). The molecule has 0 saturated carbocycles. The fourth-order valence-corrected chi connectivity index (χ4v) is 2.98. The first kappa shape index (κ1) is 14.9. The van der Waals surface area contributed by atoms with Gasteiger partial charge >= 0.3 is 0 Å². The van der Waals surface area contributed by atoms with Crippen molar-refractivity contribution in [3.05, 3.63) is 29.3 Å². The molecular weight excluding hydrogens is 292 g/mol. The number of halogens is 2. The van der Waals surface area contributed by atoms with Gasteiger partial charge in [0.1, 0.15) is 11.6 Å². The number of piperidine rings is 1. The Morgan fingerprint density at radius 1 is 1.09 bits per heavy atom. The van der Waals surface area contributed by atoms with Gasteiger partial charge in [-0.2, -0.15) is 0 Å². The Kier molecular flexibility index (Phi) is 4.06. The number of nitrogens with zero attached hydrogens (tertiary/aromatic N) is 1. The molecule has 118 valence electrons. The lowest BCUT2D eigenvalue weighted by molar-refractivity contribution is -0.134. The van der Waals surface area contributed by atoms with E-state index in [1.807, 2.05) is 4.90 Å². The minimum absolute atomic E-state index is 0.0921. The highest BCUT2D eigenvalue weighted by Crippen LogP contribution is 2.32. The summed E-state index contributed by atoms with van der Waals surface area (Å²) in [6, 6.07) is 2.54. The van der Waals surface area contributed by atoms with Crippen LogP contribution < -0.4 is 15.5 Å². The van der Waals surface area contributed by atoms with Crippen molar-refractivity contribution in [3.63, 3.8) is 0 Å². The van der Waals surface area contributed by atoms with Crippen LogP contribution in [0, 0.1) is 11.6 Å². The van der Waals surface area contributed by atoms with Gasteiger partial charge in [-0.05, 0) is 18.6 Å². The Morgan fingerprint density at radius 2 is 1.73 bits per heavy atom. The summed E-state index contributed by atoms with van der Waals surface area (Å²) in [7, 11) is 0. The fourth-order valence-electron chi connectivity index (χ4n) is 2.98. The Hall–Kier alpha value is -2.02. The van der Waals surface area contributed by atoms with Crippen LogP contribution >= 0.6 is 0 Å². The van der Waals surface area contributed by atoms with Gasteiger partial charge in [0.25, 0.3) is 0 Å². The van der Waals surface area contributed by atoms with Gasteiger partial charge in [-0.25, -0.2) is 8.78 Å². The topological polar surface area (TPSA) is 61.4 Å². The summed E-state index contributed by atoms with van der Waals surface area (Å²) in [6.07, 6.45) is 0.223. The summed E-state index contributed by atoms with van der Waals surface area (Å²) >= 11 is 0. The molecule has 2 N–H and O–H groups in total. The lowest BCUT2D eigenvalue weighted by Crippen LogP contribution is -2.43. The number of benzene rings is 1. The van der Waals surface area contributed by atoms with Crippen molar-refractivity contribution < 1.29 is 18.4 Å². The Morgan fingerprint density at radius 3 is 2.32 bits per heavy atom. The Bertz CT molecular complexity index is 592. The highest BCUT2D eigenvalue weighted by molar-refractivity contribution is 6.01. The first-order chi connectivity index (χ1) is 10.6. The molecule has 2 aliphatic heterocycles. The number of hydrogen-bond acceptors (Lipinski definition) is 4. The second kappa shape index (κ2) is 6.00. The first-order valence-electron chi connectivity index (χ1n) is 7.34. The van der Waals surface area contributed by atoms with Gasteiger partial charge in [0.15, 0.2) is 0 Å². The molecule has 1 atom stereocenters. The van der Waals surface area contributed by atoms with E-state index in [0.29, 0.717) is 18.8 Å². The summed E-state index contributed by atoms with van der Waals surface area (Å²) in [5, 5.41) is 5.30. The number of hydrogen-bond donors (Lipinski definition) is 2. The van der Waals surface area contributed by atoms with E-state index in [0.717, 1.165) is 13.1 Å². The summed E-state index contributed by atoms with van der Waals surface area (Å²) in [4.78, 5) is 24.9. The number of nitrogens with one attached hydrogen (secondary N) is 2. The molecule has 22 heavy (non-hydrogen) atoms. The van der Waals surface area contributed by atoms with Crippen LogP contribution in [0.25, 0.3) is 0 Å². The van der Waals surface area contributed by atoms with Crippen LogP contribution in [0.15, 0.2) is 12.1 Å². The highest BCUT2D eigenvalue weighted by atomic mass is 19.1. The number of amides is 2. The molecule has 1 aromatic rings. The molecule has 1 unspecified atom stereocenters. The molecule has 0 aromatic heterocycles. The van der Waals surface area contributed by atoms with E-state index in [1.54, 1.807) is 0 Å². The van der Waals surface area contributed by atoms with E-state index in [4.69, 9.17) is 0 Å². The lowest BCUT2D eigenvalue weighted by atomic mass is 9.89. The third-order valence-electron chi connectivity index (χ3n) is 4.13. The molecule has 0 spiro atoms. The maximum absolute atomic E-state index is 14.4. The summed E-state index contributed by atoms with van der Waals surface area (Å²) in [6.45, 7) is 2.88. The summed E-state index contributed by atoms with van der Waals surface area (Å²) < 4.78 is 28.7. The minimum Gasteiger partial charge on any atom is -0.369 e. The number of rotatable bonds is 2. The molecule has 2 aliphatic rings. The average Bonchev–Trinajstić information content (AvgIpc) is 2.49. The number of carbonyl (C=O) groups is 2. The fraction of sp³-hybridized carbons (Fsp3) is 0.467. The van der Waals surface area contributed by atoms with Crippen molar-refractivity contribution in [2.75, 3.05) is 31.1 Å². The maximum Gasteiger partial charge on any atom is 0.234 e. The molecule has 1 aromatic carbocycles. The molecule has 2 amide bonds. The van der Waals surface area contributed by atoms with Crippen molar-refractivity contribution in [1.29, 1.82) is 0 Å². The van der Waals surface area contributed by atoms with Gasteiger partial charge in [0, 0.05) is 43.9 Å². The zero-order chi connectivity index (χ0) is 15.7. The first-order valence-corrected chi connectivity index (χ1v) is 7.34. The molecular formula is C15H17F2N3O2. The number of imide groups is 1. The van der Waals surface area contributed by atoms with Crippen LogP contribution in [0.3, 0.4) is 0 Å². The van der Waals surface area contributed by atoms with E-state index in [9.17, 15) is 18.4 Å². The van der Waals surface area contributed by atoms with Crippen molar-refractivity contribution in [3.8, 4) is 0 Å². The largest absolute Gasteiger partial charge is 0.369 e. The van der Waals surface area contributed by atoms with E-state index < -0.39 is 29.4 Å². The minimum atomic E-state index is -0.949. The van der Waals surface area contributed by atoms with Crippen LogP contribution in [-0.2, 0) is 9.59 Å². The van der Waals surface area contributed by atoms with Crippen molar-refractivity contribution in [2.24, 2.45) is 0 Å². The third kappa shape index (κ3) is 2.81. The van der Waals surface area contributed by atoms with Gasteiger partial charge in [-0.15, -0.1) is 0 Å². The SMILES string of the molecule is O=C1CCC(c2c(F)cc(N3CCNCC3)cc2F)C(=O)N1. The molecule has 5 nitrogen and oxygen atoms in total. The quantitative estimate of drug-likeness (QED) is 0.797. The number of piperazine rings is 1. The van der Waals surface area contributed by atoms with Crippen LogP contribution in [0.1, 0.15) is 24.3 Å². The monoisotopic (exact) mass is 309 g/mol. The van der Waals surface area contributed by atoms with Gasteiger partial charge < -0.3 is 10.2 Å². The van der Waals surface area contributed by atoms with Crippen LogP contribution in [0.5, 0.6) is 0 Å². The lowest BCUT2D eigenvalue weighted by Gasteiger charge is -2.30.